The molecular weight excluding hydrogens is 264 g/mol. The Morgan fingerprint density at radius 3 is 2.35 bits per heavy atom. The van der Waals surface area contributed by atoms with Crippen molar-refractivity contribution in [3.63, 3.8) is 0 Å². The van der Waals surface area contributed by atoms with Crippen LogP contribution in [0, 0.1) is 5.82 Å². The maximum Gasteiger partial charge on any atom is 0.147 e. The number of nitrogens with zero attached hydrogens (tertiary/aromatic N) is 1. The molecule has 2 rings (SSSR count). The molecule has 1 aromatic heterocycles. The smallest absolute Gasteiger partial charge is 0.147 e. The summed E-state index contributed by atoms with van der Waals surface area (Å²) in [6.45, 7) is -0.470. The first-order valence-electron chi connectivity index (χ1n) is 4.84. The van der Waals surface area contributed by atoms with E-state index in [0.717, 1.165) is 0 Å². The van der Waals surface area contributed by atoms with Crippen LogP contribution in [-0.2, 0) is 6.61 Å². The Labute approximate surface area is 108 Å². The number of rotatable bonds is 2. The molecule has 0 bridgehead atoms. The van der Waals surface area contributed by atoms with E-state index in [1.165, 1.54) is 12.1 Å². The van der Waals surface area contributed by atoms with Crippen molar-refractivity contribution in [2.45, 2.75) is 6.61 Å². The van der Waals surface area contributed by atoms with Gasteiger partial charge in [0.05, 0.1) is 22.3 Å². The molecule has 1 N–H and O–H groups in total. The van der Waals surface area contributed by atoms with E-state index < -0.39 is 12.4 Å². The maximum atomic E-state index is 13.2. The standard InChI is InChI=1S/C12H8Cl2FNO/c13-7-2-1-3-8(14)12(7)10-5-4-9(15)11(6-17)16-10/h1-5,17H,6H2. The third-order valence-electron chi connectivity index (χ3n) is 2.29. The molecule has 0 amide bonds. The minimum Gasteiger partial charge on any atom is -0.390 e. The summed E-state index contributed by atoms with van der Waals surface area (Å²) in [6, 6.07) is 7.76. The van der Waals surface area contributed by atoms with Gasteiger partial charge < -0.3 is 5.11 Å². The number of pyridine rings is 1. The SMILES string of the molecule is OCc1nc(-c2c(Cl)cccc2Cl)ccc1F. The predicted octanol–water partition coefficient (Wildman–Crippen LogP) is 3.69. The number of aliphatic hydroxyl groups is 1. The zero-order chi connectivity index (χ0) is 12.4. The molecule has 0 aliphatic rings. The molecule has 17 heavy (non-hydrogen) atoms. The lowest BCUT2D eigenvalue weighted by atomic mass is 10.1. The van der Waals surface area contributed by atoms with Crippen LogP contribution in [0.4, 0.5) is 4.39 Å². The van der Waals surface area contributed by atoms with Crippen LogP contribution in [-0.4, -0.2) is 10.1 Å². The van der Waals surface area contributed by atoms with Gasteiger partial charge in [-0.25, -0.2) is 9.37 Å². The van der Waals surface area contributed by atoms with Crippen molar-refractivity contribution < 1.29 is 9.50 Å². The first-order valence-corrected chi connectivity index (χ1v) is 5.59. The van der Waals surface area contributed by atoms with Gasteiger partial charge in [-0.15, -0.1) is 0 Å². The molecule has 0 saturated carbocycles. The minimum atomic E-state index is -0.556. The highest BCUT2D eigenvalue weighted by Crippen LogP contribution is 2.33. The summed E-state index contributed by atoms with van der Waals surface area (Å²) >= 11 is 12.0. The van der Waals surface area contributed by atoms with E-state index in [0.29, 0.717) is 21.3 Å². The third-order valence-corrected chi connectivity index (χ3v) is 2.92. The molecule has 1 aromatic carbocycles. The lowest BCUT2D eigenvalue weighted by Crippen LogP contribution is -1.97. The molecule has 0 saturated heterocycles. The Balaban J connectivity index is 2.61. The lowest BCUT2D eigenvalue weighted by molar-refractivity contribution is 0.270. The van der Waals surface area contributed by atoms with Crippen LogP contribution in [0.1, 0.15) is 5.69 Å². The van der Waals surface area contributed by atoms with Crippen LogP contribution < -0.4 is 0 Å². The Morgan fingerprint density at radius 2 is 1.76 bits per heavy atom. The van der Waals surface area contributed by atoms with E-state index >= 15 is 0 Å². The van der Waals surface area contributed by atoms with E-state index in [2.05, 4.69) is 4.98 Å². The molecule has 2 nitrogen and oxygen atoms in total. The van der Waals surface area contributed by atoms with Gasteiger partial charge in [-0.3, -0.25) is 0 Å². The monoisotopic (exact) mass is 271 g/mol. The van der Waals surface area contributed by atoms with Crippen molar-refractivity contribution >= 4 is 23.2 Å². The Kier molecular flexibility index (Phi) is 3.62. The average Bonchev–Trinajstić information content (AvgIpc) is 2.31. The van der Waals surface area contributed by atoms with Crippen LogP contribution in [0.5, 0.6) is 0 Å². The highest BCUT2D eigenvalue weighted by atomic mass is 35.5. The normalized spacial score (nSPS) is 10.6. The van der Waals surface area contributed by atoms with Gasteiger partial charge in [0.25, 0.3) is 0 Å². The first kappa shape index (κ1) is 12.3. The lowest BCUT2D eigenvalue weighted by Gasteiger charge is -2.07. The molecule has 2 aromatic rings. The third kappa shape index (κ3) is 2.41. The minimum absolute atomic E-state index is 0.0292. The Morgan fingerprint density at radius 1 is 1.12 bits per heavy atom. The average molecular weight is 272 g/mol. The van der Waals surface area contributed by atoms with E-state index in [1.807, 2.05) is 0 Å². The number of halogens is 3. The topological polar surface area (TPSA) is 33.1 Å². The van der Waals surface area contributed by atoms with E-state index in [4.69, 9.17) is 28.3 Å². The number of hydrogen-bond donors (Lipinski definition) is 1. The van der Waals surface area contributed by atoms with E-state index in [-0.39, 0.29) is 5.69 Å². The fourth-order valence-corrected chi connectivity index (χ4v) is 2.07. The van der Waals surface area contributed by atoms with E-state index in [1.54, 1.807) is 18.2 Å². The molecule has 1 heterocycles. The van der Waals surface area contributed by atoms with Gasteiger partial charge in [0, 0.05) is 5.56 Å². The molecule has 0 unspecified atom stereocenters. The van der Waals surface area contributed by atoms with Crippen LogP contribution in [0.2, 0.25) is 10.0 Å². The van der Waals surface area contributed by atoms with Crippen molar-refractivity contribution in [3.8, 4) is 11.3 Å². The van der Waals surface area contributed by atoms with Crippen molar-refractivity contribution in [3.05, 3.63) is 51.9 Å². The van der Waals surface area contributed by atoms with Crippen molar-refractivity contribution in [2.75, 3.05) is 0 Å². The zero-order valence-corrected chi connectivity index (χ0v) is 10.1. The second kappa shape index (κ2) is 5.00. The maximum absolute atomic E-state index is 13.2. The molecule has 0 radical (unpaired) electrons. The summed E-state index contributed by atoms with van der Waals surface area (Å²) in [5.74, 6) is -0.556. The molecule has 0 spiro atoms. The predicted molar refractivity (Wildman–Crippen MR) is 65.6 cm³/mol. The van der Waals surface area contributed by atoms with Gasteiger partial charge in [-0.05, 0) is 24.3 Å². The van der Waals surface area contributed by atoms with Gasteiger partial charge in [0.2, 0.25) is 0 Å². The van der Waals surface area contributed by atoms with Crippen molar-refractivity contribution in [1.82, 2.24) is 4.98 Å². The Hall–Kier alpha value is -1.16. The van der Waals surface area contributed by atoms with Gasteiger partial charge >= 0.3 is 0 Å². The number of aromatic nitrogens is 1. The molecule has 0 atom stereocenters. The molecule has 0 aliphatic carbocycles. The summed E-state index contributed by atoms with van der Waals surface area (Å²) in [6.07, 6.45) is 0. The molecule has 88 valence electrons. The quantitative estimate of drug-likeness (QED) is 0.904. The highest BCUT2D eigenvalue weighted by molar-refractivity contribution is 6.39. The highest BCUT2D eigenvalue weighted by Gasteiger charge is 2.12. The van der Waals surface area contributed by atoms with Crippen molar-refractivity contribution in [1.29, 1.82) is 0 Å². The van der Waals surface area contributed by atoms with Crippen LogP contribution in [0.3, 0.4) is 0 Å². The largest absolute Gasteiger partial charge is 0.390 e. The number of hydrogen-bond acceptors (Lipinski definition) is 2. The summed E-state index contributed by atoms with van der Waals surface area (Å²) in [5.41, 5.74) is 0.940. The van der Waals surface area contributed by atoms with Crippen LogP contribution in [0.25, 0.3) is 11.3 Å². The first-order chi connectivity index (χ1) is 8.13. The van der Waals surface area contributed by atoms with Gasteiger partial charge in [0.1, 0.15) is 11.5 Å². The summed E-state index contributed by atoms with van der Waals surface area (Å²) in [5, 5.41) is 9.82. The summed E-state index contributed by atoms with van der Waals surface area (Å²) in [4.78, 5) is 3.99. The van der Waals surface area contributed by atoms with E-state index in [9.17, 15) is 4.39 Å². The Bertz CT molecular complexity index is 540. The van der Waals surface area contributed by atoms with Gasteiger partial charge in [-0.2, -0.15) is 0 Å². The molecule has 5 heteroatoms. The molecular formula is C12H8Cl2FNO. The van der Waals surface area contributed by atoms with Crippen LogP contribution >= 0.6 is 23.2 Å². The number of aliphatic hydroxyl groups excluding tert-OH is 1. The number of benzene rings is 1. The van der Waals surface area contributed by atoms with Crippen LogP contribution in [0.15, 0.2) is 30.3 Å². The second-order valence-electron chi connectivity index (χ2n) is 3.38. The van der Waals surface area contributed by atoms with Crippen molar-refractivity contribution in [2.24, 2.45) is 0 Å². The molecule has 0 aliphatic heterocycles. The molecule has 0 fully saturated rings. The zero-order valence-electron chi connectivity index (χ0n) is 8.62. The van der Waals surface area contributed by atoms with Gasteiger partial charge in [-0.1, -0.05) is 29.3 Å². The van der Waals surface area contributed by atoms with Gasteiger partial charge in [0.15, 0.2) is 0 Å². The fraction of sp³-hybridized carbons (Fsp3) is 0.0833. The second-order valence-corrected chi connectivity index (χ2v) is 4.19. The summed E-state index contributed by atoms with van der Waals surface area (Å²) < 4.78 is 13.2. The fourth-order valence-electron chi connectivity index (χ4n) is 1.48. The summed E-state index contributed by atoms with van der Waals surface area (Å²) in [7, 11) is 0.